The van der Waals surface area contributed by atoms with Crippen molar-refractivity contribution in [3.63, 3.8) is 0 Å². The summed E-state index contributed by atoms with van der Waals surface area (Å²) in [5.41, 5.74) is 8.92. The second kappa shape index (κ2) is 3.72. The number of allylic oxidation sites excluding steroid dienone is 1. The third-order valence-electron chi connectivity index (χ3n) is 2.24. The van der Waals surface area contributed by atoms with Gasteiger partial charge in [-0.15, -0.1) is 0 Å². The Kier molecular flexibility index (Phi) is 2.41. The second-order valence-electron chi connectivity index (χ2n) is 3.25. The summed E-state index contributed by atoms with van der Waals surface area (Å²) in [4.78, 5) is 0. The van der Waals surface area contributed by atoms with Crippen molar-refractivity contribution in [1.82, 2.24) is 0 Å². The van der Waals surface area contributed by atoms with Crippen LogP contribution >= 0.6 is 0 Å². The lowest BCUT2D eigenvalue weighted by Crippen LogP contribution is -2.02. The van der Waals surface area contributed by atoms with Gasteiger partial charge in [-0.25, -0.2) is 0 Å². The van der Waals surface area contributed by atoms with Gasteiger partial charge in [-0.1, -0.05) is 12.2 Å². The molecule has 0 unspecified atom stereocenters. The van der Waals surface area contributed by atoms with Gasteiger partial charge in [0, 0.05) is 7.11 Å². The molecule has 3 nitrogen and oxygen atoms in total. The normalized spacial score (nSPS) is 12.9. The first-order valence-electron chi connectivity index (χ1n) is 4.52. The van der Waals surface area contributed by atoms with Crippen molar-refractivity contribution in [2.45, 2.75) is 6.42 Å². The Hall–Kier alpha value is -1.48. The molecule has 74 valence electrons. The lowest BCUT2D eigenvalue weighted by molar-refractivity contribution is 0.0516. The standard InChI is InChI=1S/C11H13NO2/c1-13-7-14-11-6-9-4-2-3-8(9)5-10(11)12/h2-3,5-6H,4,7,12H2,1H3. The molecule has 1 aliphatic rings. The highest BCUT2D eigenvalue weighted by Crippen LogP contribution is 2.30. The number of nitrogen functional groups attached to an aromatic ring is 1. The van der Waals surface area contributed by atoms with E-state index >= 15 is 0 Å². The molecule has 3 heteroatoms. The summed E-state index contributed by atoms with van der Waals surface area (Å²) >= 11 is 0. The number of ether oxygens (including phenoxy) is 2. The van der Waals surface area contributed by atoms with Crippen molar-refractivity contribution in [3.05, 3.63) is 29.3 Å². The van der Waals surface area contributed by atoms with E-state index in [0.717, 1.165) is 6.42 Å². The number of hydrogen-bond donors (Lipinski definition) is 1. The molecule has 0 atom stereocenters. The zero-order valence-electron chi connectivity index (χ0n) is 8.12. The third kappa shape index (κ3) is 1.59. The number of nitrogens with two attached hydrogens (primary N) is 1. The Morgan fingerprint density at radius 3 is 3.07 bits per heavy atom. The summed E-state index contributed by atoms with van der Waals surface area (Å²) in [7, 11) is 1.59. The molecule has 0 bridgehead atoms. The van der Waals surface area contributed by atoms with Gasteiger partial charge in [0.05, 0.1) is 5.69 Å². The van der Waals surface area contributed by atoms with E-state index < -0.39 is 0 Å². The van der Waals surface area contributed by atoms with Gasteiger partial charge in [0.25, 0.3) is 0 Å². The minimum Gasteiger partial charge on any atom is -0.465 e. The summed E-state index contributed by atoms with van der Waals surface area (Å²) in [6.07, 6.45) is 5.15. The van der Waals surface area contributed by atoms with Gasteiger partial charge in [0.15, 0.2) is 6.79 Å². The highest BCUT2D eigenvalue weighted by molar-refractivity contribution is 5.68. The fourth-order valence-corrected chi connectivity index (χ4v) is 1.55. The zero-order chi connectivity index (χ0) is 9.97. The SMILES string of the molecule is COCOc1cc2c(cc1N)C=CC2. The Morgan fingerprint density at radius 2 is 2.29 bits per heavy atom. The highest BCUT2D eigenvalue weighted by atomic mass is 16.7. The smallest absolute Gasteiger partial charge is 0.188 e. The van der Waals surface area contributed by atoms with Crippen molar-refractivity contribution in [2.24, 2.45) is 0 Å². The van der Waals surface area contributed by atoms with Crippen molar-refractivity contribution >= 4 is 11.8 Å². The van der Waals surface area contributed by atoms with E-state index in [0.29, 0.717) is 11.4 Å². The topological polar surface area (TPSA) is 44.5 Å². The van der Waals surface area contributed by atoms with Gasteiger partial charge >= 0.3 is 0 Å². The van der Waals surface area contributed by atoms with Gasteiger partial charge in [0.2, 0.25) is 0 Å². The molecule has 0 saturated heterocycles. The molecule has 0 fully saturated rings. The minimum atomic E-state index is 0.233. The molecule has 2 N–H and O–H groups in total. The van der Waals surface area contributed by atoms with E-state index in [1.807, 2.05) is 12.1 Å². The maximum Gasteiger partial charge on any atom is 0.188 e. The number of methoxy groups -OCH3 is 1. The van der Waals surface area contributed by atoms with Crippen LogP contribution in [0.3, 0.4) is 0 Å². The van der Waals surface area contributed by atoms with Crippen LogP contribution < -0.4 is 10.5 Å². The molecular weight excluding hydrogens is 178 g/mol. The molecule has 14 heavy (non-hydrogen) atoms. The molecular formula is C11H13NO2. The van der Waals surface area contributed by atoms with Crippen molar-refractivity contribution in [3.8, 4) is 5.75 Å². The van der Waals surface area contributed by atoms with E-state index in [4.69, 9.17) is 15.2 Å². The average molecular weight is 191 g/mol. The molecule has 1 aliphatic carbocycles. The van der Waals surface area contributed by atoms with E-state index in [9.17, 15) is 0 Å². The maximum atomic E-state index is 5.82. The van der Waals surface area contributed by atoms with Crippen LogP contribution in [0.2, 0.25) is 0 Å². The fourth-order valence-electron chi connectivity index (χ4n) is 1.55. The average Bonchev–Trinajstić information content (AvgIpc) is 2.61. The van der Waals surface area contributed by atoms with Crippen LogP contribution in [0.25, 0.3) is 6.08 Å². The summed E-state index contributed by atoms with van der Waals surface area (Å²) < 4.78 is 10.2. The van der Waals surface area contributed by atoms with E-state index in [2.05, 4.69) is 12.2 Å². The molecule has 0 aromatic heterocycles. The molecule has 0 amide bonds. The molecule has 1 aromatic rings. The fraction of sp³-hybridized carbons (Fsp3) is 0.273. The van der Waals surface area contributed by atoms with Gasteiger partial charge < -0.3 is 15.2 Å². The summed E-state index contributed by atoms with van der Waals surface area (Å²) in [5, 5.41) is 0. The highest BCUT2D eigenvalue weighted by Gasteiger charge is 2.09. The molecule has 0 radical (unpaired) electrons. The van der Waals surface area contributed by atoms with Gasteiger partial charge in [-0.3, -0.25) is 0 Å². The first-order chi connectivity index (χ1) is 6.81. The van der Waals surface area contributed by atoms with Crippen LogP contribution in [0, 0.1) is 0 Å². The van der Waals surface area contributed by atoms with Crippen molar-refractivity contribution in [2.75, 3.05) is 19.6 Å². The summed E-state index contributed by atoms with van der Waals surface area (Å²) in [6.45, 7) is 0.233. The predicted octanol–water partition coefficient (Wildman–Crippen LogP) is 1.82. The van der Waals surface area contributed by atoms with Crippen molar-refractivity contribution < 1.29 is 9.47 Å². The number of anilines is 1. The van der Waals surface area contributed by atoms with Crippen LogP contribution in [0.4, 0.5) is 5.69 Å². The van der Waals surface area contributed by atoms with Crippen LogP contribution in [-0.4, -0.2) is 13.9 Å². The first kappa shape index (κ1) is 9.09. The number of fused-ring (bicyclic) bond motifs is 1. The van der Waals surface area contributed by atoms with Crippen LogP contribution in [-0.2, 0) is 11.2 Å². The van der Waals surface area contributed by atoms with Gasteiger partial charge in [-0.2, -0.15) is 0 Å². The Morgan fingerprint density at radius 1 is 1.43 bits per heavy atom. The van der Waals surface area contributed by atoms with Gasteiger partial charge in [-0.05, 0) is 29.7 Å². The monoisotopic (exact) mass is 191 g/mol. The minimum absolute atomic E-state index is 0.233. The Bertz CT molecular complexity index is 372. The first-order valence-corrected chi connectivity index (χ1v) is 4.52. The number of hydrogen-bond acceptors (Lipinski definition) is 3. The van der Waals surface area contributed by atoms with Crippen LogP contribution in [0.1, 0.15) is 11.1 Å². The van der Waals surface area contributed by atoms with E-state index in [-0.39, 0.29) is 6.79 Å². The van der Waals surface area contributed by atoms with Crippen molar-refractivity contribution in [1.29, 1.82) is 0 Å². The maximum absolute atomic E-state index is 5.82. The van der Waals surface area contributed by atoms with E-state index in [1.165, 1.54) is 11.1 Å². The number of benzene rings is 1. The van der Waals surface area contributed by atoms with E-state index in [1.54, 1.807) is 7.11 Å². The lowest BCUT2D eigenvalue weighted by atomic mass is 10.1. The van der Waals surface area contributed by atoms with Gasteiger partial charge in [0.1, 0.15) is 5.75 Å². The molecule has 0 spiro atoms. The lowest BCUT2D eigenvalue weighted by Gasteiger charge is -2.09. The van der Waals surface area contributed by atoms with Crippen LogP contribution in [0.5, 0.6) is 5.75 Å². The molecule has 0 aliphatic heterocycles. The second-order valence-corrected chi connectivity index (χ2v) is 3.25. The quantitative estimate of drug-likeness (QED) is 0.585. The molecule has 2 rings (SSSR count). The predicted molar refractivity (Wildman–Crippen MR) is 56.1 cm³/mol. The molecule has 1 aromatic carbocycles. The summed E-state index contributed by atoms with van der Waals surface area (Å²) in [6, 6.07) is 3.91. The van der Waals surface area contributed by atoms with Crippen LogP contribution in [0.15, 0.2) is 18.2 Å². The molecule has 0 heterocycles. The molecule has 0 saturated carbocycles. The Labute approximate surface area is 83.1 Å². The number of rotatable bonds is 3. The third-order valence-corrected chi connectivity index (χ3v) is 2.24. The Balaban J connectivity index is 2.26. The zero-order valence-corrected chi connectivity index (χ0v) is 8.12. The largest absolute Gasteiger partial charge is 0.465 e. The summed E-state index contributed by atoms with van der Waals surface area (Å²) in [5.74, 6) is 0.703.